The van der Waals surface area contributed by atoms with Gasteiger partial charge >= 0.3 is 0 Å². The normalized spacial score (nSPS) is 12.9. The second-order valence-corrected chi connectivity index (χ2v) is 9.47. The van der Waals surface area contributed by atoms with Crippen LogP contribution in [0.3, 0.4) is 0 Å². The third-order valence-electron chi connectivity index (χ3n) is 4.13. The standard InChI is InChI=1S/C20H18ClFN4O3S/c1-30(23,29)10-9-24-19(27)17-12-18(13-5-7-14(21)8-6-13)25-26(20(17)28)16-4-2-3-15(22)11-16/h2-8,11-12,23H,9-10H2,1H3,(H,24,27). The molecule has 0 fully saturated rings. The van der Waals surface area contributed by atoms with E-state index in [4.69, 9.17) is 16.4 Å². The Balaban J connectivity index is 2.09. The maximum atomic E-state index is 13.7. The summed E-state index contributed by atoms with van der Waals surface area (Å²) in [4.78, 5) is 25.6. The molecule has 3 aromatic rings. The third kappa shape index (κ3) is 5.31. The van der Waals surface area contributed by atoms with E-state index in [2.05, 4.69) is 10.4 Å². The third-order valence-corrected chi connectivity index (χ3v) is 5.36. The minimum Gasteiger partial charge on any atom is -0.351 e. The van der Waals surface area contributed by atoms with Crippen LogP contribution in [-0.4, -0.2) is 38.4 Å². The van der Waals surface area contributed by atoms with Crippen molar-refractivity contribution < 1.29 is 13.4 Å². The Morgan fingerprint density at radius 1 is 1.23 bits per heavy atom. The number of benzene rings is 2. The minimum atomic E-state index is -2.79. The summed E-state index contributed by atoms with van der Waals surface area (Å²) in [5.41, 5.74) is 0.111. The second-order valence-electron chi connectivity index (χ2n) is 6.61. The van der Waals surface area contributed by atoms with E-state index in [0.29, 0.717) is 16.3 Å². The molecule has 156 valence electrons. The van der Waals surface area contributed by atoms with Crippen molar-refractivity contribution in [3.63, 3.8) is 0 Å². The zero-order valence-electron chi connectivity index (χ0n) is 15.9. The molecule has 0 bridgehead atoms. The zero-order valence-corrected chi connectivity index (χ0v) is 17.5. The zero-order chi connectivity index (χ0) is 21.9. The summed E-state index contributed by atoms with van der Waals surface area (Å²) in [7, 11) is -2.79. The summed E-state index contributed by atoms with van der Waals surface area (Å²) in [6, 6.07) is 13.3. The Morgan fingerprint density at radius 3 is 2.57 bits per heavy atom. The second kappa shape index (κ2) is 8.76. The smallest absolute Gasteiger partial charge is 0.284 e. The van der Waals surface area contributed by atoms with Crippen LogP contribution in [0.15, 0.2) is 59.4 Å². The van der Waals surface area contributed by atoms with Gasteiger partial charge in [0.25, 0.3) is 11.5 Å². The number of aromatic nitrogens is 2. The van der Waals surface area contributed by atoms with Crippen LogP contribution in [0.4, 0.5) is 4.39 Å². The average Bonchev–Trinajstić information content (AvgIpc) is 2.68. The molecule has 0 aliphatic heterocycles. The summed E-state index contributed by atoms with van der Waals surface area (Å²) in [6.45, 7) is -0.0321. The highest BCUT2D eigenvalue weighted by molar-refractivity contribution is 7.91. The van der Waals surface area contributed by atoms with Gasteiger partial charge in [-0.3, -0.25) is 18.6 Å². The summed E-state index contributed by atoms with van der Waals surface area (Å²) in [6.07, 6.45) is 1.27. The molecular formula is C20H18ClFN4O3S. The summed E-state index contributed by atoms with van der Waals surface area (Å²) in [5, 5.41) is 7.29. The molecule has 0 radical (unpaired) electrons. The quantitative estimate of drug-likeness (QED) is 0.604. The lowest BCUT2D eigenvalue weighted by molar-refractivity contribution is 0.0954. The van der Waals surface area contributed by atoms with E-state index in [-0.39, 0.29) is 23.5 Å². The van der Waals surface area contributed by atoms with E-state index in [1.165, 1.54) is 30.5 Å². The van der Waals surface area contributed by atoms with Crippen LogP contribution >= 0.6 is 11.6 Å². The molecule has 1 heterocycles. The van der Waals surface area contributed by atoms with Crippen LogP contribution in [0.25, 0.3) is 16.9 Å². The molecule has 7 nitrogen and oxygen atoms in total. The summed E-state index contributed by atoms with van der Waals surface area (Å²) < 4.78 is 33.6. The molecule has 1 aromatic heterocycles. The molecule has 30 heavy (non-hydrogen) atoms. The van der Waals surface area contributed by atoms with Crippen LogP contribution in [0, 0.1) is 10.6 Å². The van der Waals surface area contributed by atoms with E-state index < -0.39 is 27.0 Å². The Labute approximate surface area is 177 Å². The van der Waals surface area contributed by atoms with Gasteiger partial charge in [0, 0.05) is 38.9 Å². The fraction of sp³-hybridized carbons (Fsp3) is 0.150. The molecule has 0 spiro atoms. The van der Waals surface area contributed by atoms with E-state index >= 15 is 0 Å². The van der Waals surface area contributed by atoms with Gasteiger partial charge in [0.2, 0.25) is 0 Å². The van der Waals surface area contributed by atoms with Crippen molar-refractivity contribution in [2.24, 2.45) is 0 Å². The van der Waals surface area contributed by atoms with Gasteiger partial charge in [0.1, 0.15) is 11.4 Å². The van der Waals surface area contributed by atoms with Crippen molar-refractivity contribution in [1.82, 2.24) is 15.1 Å². The minimum absolute atomic E-state index is 0.0321. The lowest BCUT2D eigenvalue weighted by Crippen LogP contribution is -2.35. The fourth-order valence-corrected chi connectivity index (χ4v) is 3.27. The molecule has 10 heteroatoms. The summed E-state index contributed by atoms with van der Waals surface area (Å²) in [5.74, 6) is -1.31. The van der Waals surface area contributed by atoms with Crippen molar-refractivity contribution in [1.29, 1.82) is 4.78 Å². The number of carbonyl (C=O) groups is 1. The Hall–Kier alpha value is -3.04. The number of rotatable bonds is 6. The number of carbonyl (C=O) groups excluding carboxylic acids is 1. The highest BCUT2D eigenvalue weighted by atomic mass is 35.5. The van der Waals surface area contributed by atoms with Crippen molar-refractivity contribution >= 4 is 27.2 Å². The molecule has 0 saturated carbocycles. The first-order chi connectivity index (χ1) is 14.1. The maximum Gasteiger partial charge on any atom is 0.284 e. The molecule has 0 aliphatic carbocycles. The lowest BCUT2D eigenvalue weighted by atomic mass is 10.1. The number of hydrogen-bond acceptors (Lipinski definition) is 5. The van der Waals surface area contributed by atoms with E-state index in [1.54, 1.807) is 24.3 Å². The predicted molar refractivity (Wildman–Crippen MR) is 114 cm³/mol. The monoisotopic (exact) mass is 448 g/mol. The van der Waals surface area contributed by atoms with Gasteiger partial charge in [0.05, 0.1) is 11.4 Å². The Bertz CT molecular complexity index is 1260. The topological polar surface area (TPSA) is 105 Å². The van der Waals surface area contributed by atoms with Gasteiger partial charge < -0.3 is 5.32 Å². The van der Waals surface area contributed by atoms with Crippen molar-refractivity contribution in [3.05, 3.63) is 81.4 Å². The Kier molecular flexibility index (Phi) is 6.33. The van der Waals surface area contributed by atoms with Gasteiger partial charge in [0.15, 0.2) is 0 Å². The molecule has 0 aliphatic rings. The Morgan fingerprint density at radius 2 is 1.93 bits per heavy atom. The molecule has 1 unspecified atom stereocenters. The average molecular weight is 449 g/mol. The van der Waals surface area contributed by atoms with E-state index in [1.807, 2.05) is 0 Å². The van der Waals surface area contributed by atoms with Gasteiger partial charge in [-0.2, -0.15) is 9.78 Å². The van der Waals surface area contributed by atoms with Crippen molar-refractivity contribution in [3.8, 4) is 16.9 Å². The van der Waals surface area contributed by atoms with Gasteiger partial charge in [-0.05, 0) is 36.4 Å². The van der Waals surface area contributed by atoms with Crippen LogP contribution in [0.1, 0.15) is 10.4 Å². The highest BCUT2D eigenvalue weighted by Gasteiger charge is 2.18. The number of nitrogens with zero attached hydrogens (tertiary/aromatic N) is 2. The molecule has 3 rings (SSSR count). The SMILES string of the molecule is CS(=N)(=O)CCNC(=O)c1cc(-c2ccc(Cl)cc2)nn(-c2cccc(F)c2)c1=O. The largest absolute Gasteiger partial charge is 0.351 e. The predicted octanol–water partition coefficient (Wildman–Crippen LogP) is 3.10. The number of nitrogens with one attached hydrogen (secondary N) is 2. The van der Waals surface area contributed by atoms with E-state index in [0.717, 1.165) is 10.7 Å². The van der Waals surface area contributed by atoms with Crippen LogP contribution < -0.4 is 10.9 Å². The maximum absolute atomic E-state index is 13.7. The summed E-state index contributed by atoms with van der Waals surface area (Å²) >= 11 is 5.92. The van der Waals surface area contributed by atoms with Gasteiger partial charge in [-0.1, -0.05) is 29.8 Å². The van der Waals surface area contributed by atoms with Crippen molar-refractivity contribution in [2.45, 2.75) is 0 Å². The number of hydrogen-bond donors (Lipinski definition) is 2. The fourth-order valence-electron chi connectivity index (χ4n) is 2.66. The van der Waals surface area contributed by atoms with Gasteiger partial charge in [-0.25, -0.2) is 4.39 Å². The molecule has 0 saturated heterocycles. The molecule has 2 N–H and O–H groups in total. The van der Waals surface area contributed by atoms with Crippen LogP contribution in [0.5, 0.6) is 0 Å². The van der Waals surface area contributed by atoms with Crippen molar-refractivity contribution in [2.75, 3.05) is 18.6 Å². The van der Waals surface area contributed by atoms with E-state index in [9.17, 15) is 18.2 Å². The molecular weight excluding hydrogens is 431 g/mol. The first kappa shape index (κ1) is 21.7. The highest BCUT2D eigenvalue weighted by Crippen LogP contribution is 2.20. The molecule has 1 atom stereocenters. The van der Waals surface area contributed by atoms with Gasteiger partial charge in [-0.15, -0.1) is 0 Å². The van der Waals surface area contributed by atoms with Crippen LogP contribution in [-0.2, 0) is 9.73 Å². The molecule has 1 amide bonds. The number of halogens is 2. The van der Waals surface area contributed by atoms with Crippen LogP contribution in [0.2, 0.25) is 5.02 Å². The number of amides is 1. The first-order valence-electron chi connectivity index (χ1n) is 8.80. The lowest BCUT2D eigenvalue weighted by Gasteiger charge is -2.11. The first-order valence-corrected chi connectivity index (χ1v) is 11.3. The molecule has 2 aromatic carbocycles.